The highest BCUT2D eigenvalue weighted by Crippen LogP contribution is 2.41. The fourth-order valence-corrected chi connectivity index (χ4v) is 9.10. The number of nitrogens with zero attached hydrogens (tertiary/aromatic N) is 5. The summed E-state index contributed by atoms with van der Waals surface area (Å²) in [5.41, 5.74) is 10.1. The molecule has 0 amide bonds. The van der Waals surface area contributed by atoms with Crippen molar-refractivity contribution in [2.24, 2.45) is 0 Å². The molecular formula is C50H31N5S. The molecule has 0 spiro atoms. The Labute approximate surface area is 326 Å². The Morgan fingerprint density at radius 1 is 0.393 bits per heavy atom. The molecule has 56 heavy (non-hydrogen) atoms. The van der Waals surface area contributed by atoms with Crippen molar-refractivity contribution in [2.75, 3.05) is 0 Å². The van der Waals surface area contributed by atoms with E-state index in [1.807, 2.05) is 47.9 Å². The van der Waals surface area contributed by atoms with Crippen LogP contribution in [-0.2, 0) is 0 Å². The Balaban J connectivity index is 1.11. The van der Waals surface area contributed by atoms with Crippen LogP contribution in [-0.4, -0.2) is 24.5 Å². The van der Waals surface area contributed by atoms with Crippen LogP contribution in [0.4, 0.5) is 0 Å². The topological polar surface area (TPSA) is 56.5 Å². The average Bonchev–Trinajstić information content (AvgIpc) is 3.83. The van der Waals surface area contributed by atoms with Crippen LogP contribution in [0.15, 0.2) is 188 Å². The van der Waals surface area contributed by atoms with Gasteiger partial charge in [-0.25, -0.2) is 15.0 Å². The van der Waals surface area contributed by atoms with Gasteiger partial charge in [0.1, 0.15) is 0 Å². The second kappa shape index (κ2) is 13.2. The smallest absolute Gasteiger partial charge is 0.166 e. The number of rotatable bonds is 6. The molecule has 0 bridgehead atoms. The lowest BCUT2D eigenvalue weighted by Crippen LogP contribution is -2.04. The minimum absolute atomic E-state index is 0.563. The molecular weight excluding hydrogens is 703 g/mol. The molecule has 0 unspecified atom stereocenters. The maximum atomic E-state index is 5.24. The Morgan fingerprint density at radius 2 is 0.982 bits per heavy atom. The molecule has 0 aliphatic heterocycles. The highest BCUT2D eigenvalue weighted by atomic mass is 32.1. The molecule has 11 rings (SSSR count). The monoisotopic (exact) mass is 733 g/mol. The highest BCUT2D eigenvalue weighted by Gasteiger charge is 2.20. The summed E-state index contributed by atoms with van der Waals surface area (Å²) in [6.07, 6.45) is 1.89. The SMILES string of the molecule is c1ccc(-c2ccc(-c3nc(-c4ccccc4)nc(-c4ccc(-c5cccc6c5sc5ccccc56)nc4)n3)c(-n3c4ccccc4c4ccccc43)c2)cc1. The maximum Gasteiger partial charge on any atom is 0.166 e. The molecule has 262 valence electrons. The third-order valence-electron chi connectivity index (χ3n) is 10.5. The Bertz CT molecular complexity index is 3190. The van der Waals surface area contributed by atoms with Gasteiger partial charge in [-0.3, -0.25) is 4.98 Å². The summed E-state index contributed by atoms with van der Waals surface area (Å²) in [5, 5.41) is 4.91. The molecule has 0 radical (unpaired) electrons. The van der Waals surface area contributed by atoms with Gasteiger partial charge in [0.05, 0.1) is 22.4 Å². The Morgan fingerprint density at radius 3 is 1.70 bits per heavy atom. The number of hydrogen-bond acceptors (Lipinski definition) is 5. The van der Waals surface area contributed by atoms with E-state index >= 15 is 0 Å². The number of para-hydroxylation sites is 2. The first kappa shape index (κ1) is 32.2. The van der Waals surface area contributed by atoms with Gasteiger partial charge in [-0.05, 0) is 53.6 Å². The molecule has 4 heterocycles. The first-order valence-corrected chi connectivity index (χ1v) is 19.5. The van der Waals surface area contributed by atoms with Gasteiger partial charge in [-0.1, -0.05) is 140 Å². The van der Waals surface area contributed by atoms with Crippen molar-refractivity contribution in [3.05, 3.63) is 188 Å². The summed E-state index contributed by atoms with van der Waals surface area (Å²) >= 11 is 1.81. The van der Waals surface area contributed by atoms with Crippen LogP contribution in [0.3, 0.4) is 0 Å². The van der Waals surface area contributed by atoms with Crippen molar-refractivity contribution in [3.63, 3.8) is 0 Å². The van der Waals surface area contributed by atoms with Gasteiger partial charge in [0.2, 0.25) is 0 Å². The van der Waals surface area contributed by atoms with Gasteiger partial charge in [-0.2, -0.15) is 0 Å². The van der Waals surface area contributed by atoms with Crippen LogP contribution in [0.25, 0.3) is 104 Å². The predicted molar refractivity (Wildman–Crippen MR) is 232 cm³/mol. The molecule has 0 aliphatic carbocycles. The quantitative estimate of drug-likeness (QED) is 0.171. The molecule has 7 aromatic carbocycles. The summed E-state index contributed by atoms with van der Waals surface area (Å²) in [7, 11) is 0. The number of pyridine rings is 1. The maximum absolute atomic E-state index is 5.24. The van der Waals surface area contributed by atoms with Gasteiger partial charge in [0.15, 0.2) is 17.5 Å². The second-order valence-corrected chi connectivity index (χ2v) is 14.9. The third kappa shape index (κ3) is 5.38. The van der Waals surface area contributed by atoms with Crippen molar-refractivity contribution in [1.29, 1.82) is 0 Å². The summed E-state index contributed by atoms with van der Waals surface area (Å²) in [4.78, 5) is 20.5. The number of benzene rings is 7. The van der Waals surface area contributed by atoms with E-state index in [2.05, 4.69) is 156 Å². The van der Waals surface area contributed by atoms with E-state index in [0.717, 1.165) is 55.8 Å². The molecule has 0 atom stereocenters. The van der Waals surface area contributed by atoms with E-state index in [9.17, 15) is 0 Å². The van der Waals surface area contributed by atoms with E-state index in [1.54, 1.807) is 0 Å². The largest absolute Gasteiger partial charge is 0.308 e. The third-order valence-corrected chi connectivity index (χ3v) is 11.8. The zero-order valence-corrected chi connectivity index (χ0v) is 30.9. The van der Waals surface area contributed by atoms with Gasteiger partial charge in [0, 0.05) is 59.4 Å². The van der Waals surface area contributed by atoms with E-state index in [4.69, 9.17) is 19.9 Å². The fraction of sp³-hybridized carbons (Fsp3) is 0. The van der Waals surface area contributed by atoms with E-state index in [0.29, 0.717) is 17.5 Å². The molecule has 4 aromatic heterocycles. The van der Waals surface area contributed by atoms with Gasteiger partial charge >= 0.3 is 0 Å². The van der Waals surface area contributed by atoms with Crippen molar-refractivity contribution in [1.82, 2.24) is 24.5 Å². The number of fused-ring (bicyclic) bond motifs is 6. The van der Waals surface area contributed by atoms with E-state index in [-0.39, 0.29) is 0 Å². The highest BCUT2D eigenvalue weighted by molar-refractivity contribution is 7.26. The summed E-state index contributed by atoms with van der Waals surface area (Å²) in [6, 6.07) is 63.6. The van der Waals surface area contributed by atoms with Crippen molar-refractivity contribution >= 4 is 53.3 Å². The molecule has 0 fully saturated rings. The van der Waals surface area contributed by atoms with Crippen molar-refractivity contribution in [2.45, 2.75) is 0 Å². The lowest BCUT2D eigenvalue weighted by Gasteiger charge is -2.16. The van der Waals surface area contributed by atoms with Crippen LogP contribution in [0.5, 0.6) is 0 Å². The summed E-state index contributed by atoms with van der Waals surface area (Å²) < 4.78 is 4.86. The zero-order valence-electron chi connectivity index (χ0n) is 30.0. The van der Waals surface area contributed by atoms with Gasteiger partial charge < -0.3 is 4.57 Å². The molecule has 0 aliphatic rings. The summed E-state index contributed by atoms with van der Waals surface area (Å²) in [6.45, 7) is 0. The minimum Gasteiger partial charge on any atom is -0.308 e. The van der Waals surface area contributed by atoms with Gasteiger partial charge in [-0.15, -0.1) is 11.3 Å². The van der Waals surface area contributed by atoms with Crippen LogP contribution < -0.4 is 0 Å². The molecule has 5 nitrogen and oxygen atoms in total. The predicted octanol–water partition coefficient (Wildman–Crippen LogP) is 13.1. The molecule has 6 heteroatoms. The van der Waals surface area contributed by atoms with E-state index in [1.165, 1.54) is 30.9 Å². The van der Waals surface area contributed by atoms with Crippen LogP contribution in [0.1, 0.15) is 0 Å². The van der Waals surface area contributed by atoms with Crippen LogP contribution in [0, 0.1) is 0 Å². The average molecular weight is 734 g/mol. The van der Waals surface area contributed by atoms with Crippen LogP contribution >= 0.6 is 11.3 Å². The van der Waals surface area contributed by atoms with Gasteiger partial charge in [0.25, 0.3) is 0 Å². The first-order chi connectivity index (χ1) is 27.8. The molecule has 0 saturated carbocycles. The minimum atomic E-state index is 0.563. The lowest BCUT2D eigenvalue weighted by atomic mass is 10.0. The molecule has 11 aromatic rings. The number of thiophene rings is 1. The lowest BCUT2D eigenvalue weighted by molar-refractivity contribution is 1.06. The zero-order chi connectivity index (χ0) is 37.0. The fourth-order valence-electron chi connectivity index (χ4n) is 7.87. The Hall–Kier alpha value is -7.28. The van der Waals surface area contributed by atoms with Crippen molar-refractivity contribution in [3.8, 4) is 62.2 Å². The number of aromatic nitrogens is 5. The van der Waals surface area contributed by atoms with Crippen LogP contribution in [0.2, 0.25) is 0 Å². The molecule has 0 N–H and O–H groups in total. The van der Waals surface area contributed by atoms with Crippen molar-refractivity contribution < 1.29 is 0 Å². The van der Waals surface area contributed by atoms with E-state index < -0.39 is 0 Å². The molecule has 0 saturated heterocycles. The second-order valence-electron chi connectivity index (χ2n) is 13.9. The Kier molecular flexibility index (Phi) is 7.60. The summed E-state index contributed by atoms with van der Waals surface area (Å²) in [5.74, 6) is 1.75. The standard InChI is InChI=1S/C50H31N5S/c1-3-14-32(15-4-1)34-26-28-41(45(30-34)55-43-23-10-7-18-36(43)37-19-8-11-24-44(37)55)50-53-48(33-16-5-2-6-17-33)52-49(54-50)35-27-29-42(51-31-35)40-22-13-21-39-38-20-9-12-25-46(38)56-47(39)40/h1-31H. The number of hydrogen-bond donors (Lipinski definition) is 0. The first-order valence-electron chi connectivity index (χ1n) is 18.6. The normalized spacial score (nSPS) is 11.6.